The summed E-state index contributed by atoms with van der Waals surface area (Å²) in [6.45, 7) is 3.19. The third-order valence-corrected chi connectivity index (χ3v) is 4.14. The summed E-state index contributed by atoms with van der Waals surface area (Å²) < 4.78 is 26.6. The smallest absolute Gasteiger partial charge is 0.244 e. The fourth-order valence-electron chi connectivity index (χ4n) is 2.07. The molecule has 23 heavy (non-hydrogen) atoms. The molecule has 1 aromatic heterocycles. The highest BCUT2D eigenvalue weighted by molar-refractivity contribution is 7.08. The van der Waals surface area contributed by atoms with Gasteiger partial charge in [0.1, 0.15) is 17.2 Å². The third-order valence-electron chi connectivity index (χ3n) is 3.45. The molecule has 0 aliphatic heterocycles. The van der Waals surface area contributed by atoms with Crippen LogP contribution in [0.4, 0.5) is 8.78 Å². The maximum Gasteiger partial charge on any atom is 0.244 e. The summed E-state index contributed by atoms with van der Waals surface area (Å²) in [5.74, 6) is -1.85. The second-order valence-electron chi connectivity index (χ2n) is 5.46. The molecule has 1 atom stereocenters. The lowest BCUT2D eigenvalue weighted by Crippen LogP contribution is -2.37. The quantitative estimate of drug-likeness (QED) is 0.821. The molecule has 0 saturated heterocycles. The van der Waals surface area contributed by atoms with Crippen molar-refractivity contribution in [3.63, 3.8) is 0 Å². The molecule has 0 spiro atoms. The first-order valence-electron chi connectivity index (χ1n) is 6.96. The van der Waals surface area contributed by atoms with Crippen LogP contribution in [0.25, 0.3) is 5.57 Å². The van der Waals surface area contributed by atoms with Gasteiger partial charge in [-0.25, -0.2) is 8.78 Å². The number of rotatable bonds is 5. The van der Waals surface area contributed by atoms with Gasteiger partial charge in [0.25, 0.3) is 0 Å². The topological polar surface area (TPSA) is 49.3 Å². The first-order valence-corrected chi connectivity index (χ1v) is 7.90. The summed E-state index contributed by atoms with van der Waals surface area (Å²) in [6, 6.07) is 4.97. The van der Waals surface area contributed by atoms with Crippen LogP contribution in [-0.4, -0.2) is 17.6 Å². The molecular weight excluding hydrogens is 320 g/mol. The predicted molar refractivity (Wildman–Crippen MR) is 86.9 cm³/mol. The number of amides is 1. The van der Waals surface area contributed by atoms with Crippen LogP contribution in [0.15, 0.2) is 41.1 Å². The lowest BCUT2D eigenvalue weighted by atomic mass is 9.99. The zero-order valence-corrected chi connectivity index (χ0v) is 13.6. The number of hydrogen-bond donors (Lipinski definition) is 2. The monoisotopic (exact) mass is 337 g/mol. The first kappa shape index (κ1) is 17.3. The summed E-state index contributed by atoms with van der Waals surface area (Å²) >= 11 is 1.45. The van der Waals surface area contributed by atoms with E-state index in [1.165, 1.54) is 23.5 Å². The van der Waals surface area contributed by atoms with Crippen LogP contribution in [0, 0.1) is 11.6 Å². The number of carbonyl (C=O) groups is 1. The van der Waals surface area contributed by atoms with Gasteiger partial charge in [-0.1, -0.05) is 0 Å². The Morgan fingerprint density at radius 2 is 2.13 bits per heavy atom. The Kier molecular flexibility index (Phi) is 5.28. The van der Waals surface area contributed by atoms with Crippen LogP contribution in [0.2, 0.25) is 0 Å². The minimum Gasteiger partial charge on any atom is -0.384 e. The Morgan fingerprint density at radius 1 is 1.39 bits per heavy atom. The molecular formula is C17H17F2NO2S. The Balaban J connectivity index is 2.03. The van der Waals surface area contributed by atoms with Crippen molar-refractivity contribution in [1.82, 2.24) is 5.32 Å². The number of allylic oxidation sites excluding steroid dienone is 1. The van der Waals surface area contributed by atoms with Gasteiger partial charge in [0.2, 0.25) is 5.91 Å². The van der Waals surface area contributed by atoms with Crippen LogP contribution in [0.5, 0.6) is 0 Å². The Bertz CT molecular complexity index is 724. The third kappa shape index (κ3) is 4.46. The van der Waals surface area contributed by atoms with Crippen molar-refractivity contribution in [2.24, 2.45) is 0 Å². The van der Waals surface area contributed by atoms with E-state index in [1.54, 1.807) is 25.3 Å². The van der Waals surface area contributed by atoms with E-state index in [0.29, 0.717) is 11.1 Å². The normalized spacial score (nSPS) is 14.4. The Morgan fingerprint density at radius 3 is 2.74 bits per heavy atom. The second kappa shape index (κ2) is 7.02. The largest absolute Gasteiger partial charge is 0.384 e. The Labute approximate surface area is 137 Å². The molecule has 1 aromatic carbocycles. The van der Waals surface area contributed by atoms with E-state index >= 15 is 0 Å². The molecule has 0 radical (unpaired) electrons. The van der Waals surface area contributed by atoms with Gasteiger partial charge in [-0.3, -0.25) is 4.79 Å². The maximum absolute atomic E-state index is 13.7. The maximum atomic E-state index is 13.7. The SMILES string of the molecule is C/C(=C/C(=O)NCC(C)(O)c1ccsc1)c1ccc(F)cc1F. The number of halogens is 2. The lowest BCUT2D eigenvalue weighted by Gasteiger charge is -2.22. The van der Waals surface area contributed by atoms with Crippen molar-refractivity contribution in [3.05, 3.63) is 63.9 Å². The predicted octanol–water partition coefficient (Wildman–Crippen LogP) is 3.45. The molecule has 2 N–H and O–H groups in total. The summed E-state index contributed by atoms with van der Waals surface area (Å²) in [4.78, 5) is 11.9. The first-order chi connectivity index (χ1) is 10.8. The van der Waals surface area contributed by atoms with Crippen molar-refractivity contribution in [2.45, 2.75) is 19.4 Å². The average molecular weight is 337 g/mol. The second-order valence-corrected chi connectivity index (χ2v) is 6.24. The molecule has 0 bridgehead atoms. The van der Waals surface area contributed by atoms with Gasteiger partial charge in [0.05, 0.1) is 6.54 Å². The molecule has 1 unspecified atom stereocenters. The standard InChI is InChI=1S/C17H17F2NO2S/c1-11(14-4-3-13(18)8-15(14)19)7-16(21)20-10-17(2,22)12-5-6-23-9-12/h3-9,22H,10H2,1-2H3,(H,20,21)/b11-7-. The minimum absolute atomic E-state index is 0.0260. The van der Waals surface area contributed by atoms with Crippen LogP contribution in [0.3, 0.4) is 0 Å². The van der Waals surface area contributed by atoms with Crippen LogP contribution < -0.4 is 5.32 Å². The van der Waals surface area contributed by atoms with Gasteiger partial charge in [-0.15, -0.1) is 0 Å². The number of benzene rings is 1. The number of aliphatic hydroxyl groups is 1. The van der Waals surface area contributed by atoms with Gasteiger partial charge in [0, 0.05) is 17.7 Å². The van der Waals surface area contributed by atoms with Gasteiger partial charge in [-0.05, 0) is 53.9 Å². The molecule has 6 heteroatoms. The van der Waals surface area contributed by atoms with E-state index in [2.05, 4.69) is 5.32 Å². The van der Waals surface area contributed by atoms with Crippen molar-refractivity contribution < 1.29 is 18.7 Å². The molecule has 3 nitrogen and oxygen atoms in total. The summed E-state index contributed by atoms with van der Waals surface area (Å²) in [5.41, 5.74) is 0.0628. The average Bonchev–Trinajstić information content (AvgIpc) is 3.00. The highest BCUT2D eigenvalue weighted by Gasteiger charge is 2.23. The Hall–Kier alpha value is -2.05. The molecule has 0 aliphatic rings. The highest BCUT2D eigenvalue weighted by Crippen LogP contribution is 2.22. The number of nitrogens with one attached hydrogen (secondary N) is 1. The van der Waals surface area contributed by atoms with Gasteiger partial charge in [0.15, 0.2) is 0 Å². The molecule has 0 saturated carbocycles. The van der Waals surface area contributed by atoms with Crippen molar-refractivity contribution in [2.75, 3.05) is 6.54 Å². The molecule has 1 heterocycles. The molecule has 0 fully saturated rings. The lowest BCUT2D eigenvalue weighted by molar-refractivity contribution is -0.117. The summed E-state index contributed by atoms with van der Waals surface area (Å²) in [5, 5.41) is 16.6. The number of hydrogen-bond acceptors (Lipinski definition) is 3. The van der Waals surface area contributed by atoms with Crippen molar-refractivity contribution in [3.8, 4) is 0 Å². The molecule has 2 aromatic rings. The molecule has 122 valence electrons. The highest BCUT2D eigenvalue weighted by atomic mass is 32.1. The minimum atomic E-state index is -1.18. The van der Waals surface area contributed by atoms with E-state index in [4.69, 9.17) is 0 Å². The van der Waals surface area contributed by atoms with Crippen LogP contribution >= 0.6 is 11.3 Å². The van der Waals surface area contributed by atoms with Crippen molar-refractivity contribution in [1.29, 1.82) is 0 Å². The van der Waals surface area contributed by atoms with Crippen molar-refractivity contribution >= 4 is 22.8 Å². The zero-order valence-electron chi connectivity index (χ0n) is 12.8. The van der Waals surface area contributed by atoms with Gasteiger partial charge < -0.3 is 10.4 Å². The van der Waals surface area contributed by atoms with Gasteiger partial charge in [-0.2, -0.15) is 11.3 Å². The fraction of sp³-hybridized carbons (Fsp3) is 0.235. The number of carbonyl (C=O) groups excluding carboxylic acids is 1. The van der Waals surface area contributed by atoms with E-state index in [9.17, 15) is 18.7 Å². The fourth-order valence-corrected chi connectivity index (χ4v) is 2.85. The van der Waals surface area contributed by atoms with E-state index in [0.717, 1.165) is 12.1 Å². The van der Waals surface area contributed by atoms with Gasteiger partial charge >= 0.3 is 0 Å². The van der Waals surface area contributed by atoms with Crippen LogP contribution in [-0.2, 0) is 10.4 Å². The summed E-state index contributed by atoms with van der Waals surface area (Å²) in [7, 11) is 0. The number of thiophene rings is 1. The van der Waals surface area contributed by atoms with E-state index < -0.39 is 23.1 Å². The van der Waals surface area contributed by atoms with Crippen LogP contribution in [0.1, 0.15) is 25.0 Å². The molecule has 1 amide bonds. The zero-order chi connectivity index (χ0) is 17.0. The molecule has 2 rings (SSSR count). The van der Waals surface area contributed by atoms with E-state index in [-0.39, 0.29) is 12.1 Å². The molecule has 0 aliphatic carbocycles. The summed E-state index contributed by atoms with van der Waals surface area (Å²) in [6.07, 6.45) is 1.22. The van der Waals surface area contributed by atoms with E-state index in [1.807, 2.05) is 5.38 Å².